The molecule has 0 bridgehead atoms. The largest absolute Gasteiger partial charge is 0.493 e. The predicted molar refractivity (Wildman–Crippen MR) is 136 cm³/mol. The Morgan fingerprint density at radius 2 is 1.81 bits per heavy atom. The first kappa shape index (κ1) is 25.8. The lowest BCUT2D eigenvalue weighted by Crippen LogP contribution is -2.49. The molecule has 0 aliphatic carbocycles. The summed E-state index contributed by atoms with van der Waals surface area (Å²) >= 11 is 0. The maximum atomic E-state index is 12.9. The number of ether oxygens (including phenoxy) is 1. The number of rotatable bonds is 9. The summed E-state index contributed by atoms with van der Waals surface area (Å²) in [6.07, 6.45) is 2.17. The van der Waals surface area contributed by atoms with Gasteiger partial charge in [-0.3, -0.25) is 38.7 Å². The van der Waals surface area contributed by atoms with Crippen LogP contribution < -0.4 is 20.9 Å². The number of nitro benzene ring substituents is 1. The second-order valence-corrected chi connectivity index (χ2v) is 8.75. The number of pyridine rings is 1. The number of nitro groups is 1. The van der Waals surface area contributed by atoms with E-state index in [1.165, 1.54) is 42.1 Å². The molecule has 1 fully saturated rings. The molecule has 194 valence electrons. The third-order valence-electron chi connectivity index (χ3n) is 6.39. The molecule has 0 atom stereocenters. The summed E-state index contributed by atoms with van der Waals surface area (Å²) in [7, 11) is 3.12. The lowest BCUT2D eigenvalue weighted by Gasteiger charge is -2.36. The number of piperazine rings is 1. The van der Waals surface area contributed by atoms with Gasteiger partial charge in [0.25, 0.3) is 11.2 Å². The second-order valence-electron chi connectivity index (χ2n) is 8.75. The Morgan fingerprint density at radius 3 is 2.49 bits per heavy atom. The molecule has 4 rings (SSSR count). The number of carbonyl (C=O) groups excluding carboxylic acids is 1. The maximum Gasteiger partial charge on any atom is 0.332 e. The highest BCUT2D eigenvalue weighted by Gasteiger charge is 2.22. The Morgan fingerprint density at radius 1 is 1.05 bits per heavy atom. The van der Waals surface area contributed by atoms with Gasteiger partial charge >= 0.3 is 5.69 Å². The molecule has 3 heterocycles. The predicted octanol–water partition coefficient (Wildman–Crippen LogP) is 1.21. The van der Waals surface area contributed by atoms with Crippen molar-refractivity contribution in [1.29, 1.82) is 0 Å². The van der Waals surface area contributed by atoms with E-state index in [0.717, 1.165) is 24.2 Å². The maximum absolute atomic E-state index is 12.9. The van der Waals surface area contributed by atoms with Crippen molar-refractivity contribution >= 4 is 17.3 Å². The molecule has 0 saturated carbocycles. The third-order valence-corrected chi connectivity index (χ3v) is 6.39. The minimum absolute atomic E-state index is 0.0983. The summed E-state index contributed by atoms with van der Waals surface area (Å²) in [5, 5.41) is 11.2. The van der Waals surface area contributed by atoms with Crippen molar-refractivity contribution in [1.82, 2.24) is 19.0 Å². The highest BCUT2D eigenvalue weighted by atomic mass is 16.6. The van der Waals surface area contributed by atoms with E-state index in [0.29, 0.717) is 31.9 Å². The number of aromatic nitrogens is 3. The number of carbonyl (C=O) groups is 1. The first-order chi connectivity index (χ1) is 17.8. The van der Waals surface area contributed by atoms with Gasteiger partial charge in [-0.15, -0.1) is 0 Å². The quantitative estimate of drug-likeness (QED) is 0.181. The number of ketones is 1. The lowest BCUT2D eigenvalue weighted by atomic mass is 10.1. The standard InChI is InChI=1S/C25H28N6O6/c1-27-22(17-23(32)28(2)25(27)34)30-13-11-29(12-14-30)10-5-15-37-21-8-7-18(31(35)36)16-19(21)24(33)20-6-3-4-9-26-20/h3-4,6-9,16-17H,5,10-15H2,1-2H3. The minimum atomic E-state index is -0.552. The van der Waals surface area contributed by atoms with E-state index in [1.807, 2.05) is 4.90 Å². The molecule has 1 aliphatic rings. The monoisotopic (exact) mass is 508 g/mol. The van der Waals surface area contributed by atoms with E-state index < -0.39 is 10.7 Å². The van der Waals surface area contributed by atoms with Crippen LogP contribution in [0.1, 0.15) is 22.5 Å². The molecule has 0 N–H and O–H groups in total. The topological polar surface area (TPSA) is 133 Å². The Bertz CT molecular complexity index is 1410. The first-order valence-electron chi connectivity index (χ1n) is 11.9. The van der Waals surface area contributed by atoms with Crippen LogP contribution in [-0.2, 0) is 14.1 Å². The van der Waals surface area contributed by atoms with Crippen molar-refractivity contribution in [3.63, 3.8) is 0 Å². The van der Waals surface area contributed by atoms with E-state index in [-0.39, 0.29) is 33.9 Å². The van der Waals surface area contributed by atoms with Gasteiger partial charge in [-0.2, -0.15) is 0 Å². The van der Waals surface area contributed by atoms with Gasteiger partial charge in [-0.25, -0.2) is 4.79 Å². The first-order valence-corrected chi connectivity index (χ1v) is 11.9. The van der Waals surface area contributed by atoms with Crippen LogP contribution in [-0.4, -0.2) is 69.1 Å². The fourth-order valence-electron chi connectivity index (χ4n) is 4.27. The van der Waals surface area contributed by atoms with E-state index >= 15 is 0 Å². The zero-order valence-corrected chi connectivity index (χ0v) is 20.7. The molecule has 12 heteroatoms. The fourth-order valence-corrected chi connectivity index (χ4v) is 4.27. The zero-order valence-electron chi connectivity index (χ0n) is 20.7. The van der Waals surface area contributed by atoms with E-state index in [2.05, 4.69) is 9.88 Å². The molecule has 12 nitrogen and oxygen atoms in total. The molecule has 0 amide bonds. The lowest BCUT2D eigenvalue weighted by molar-refractivity contribution is -0.384. The van der Waals surface area contributed by atoms with Crippen LogP contribution in [0.3, 0.4) is 0 Å². The molecule has 1 aromatic carbocycles. The van der Waals surface area contributed by atoms with Gasteiger partial charge in [-0.1, -0.05) is 6.07 Å². The Labute approximate surface area is 212 Å². The van der Waals surface area contributed by atoms with Gasteiger partial charge in [0, 0.05) is 71.2 Å². The number of hydrogen-bond donors (Lipinski definition) is 0. The van der Waals surface area contributed by atoms with Crippen LogP contribution in [0, 0.1) is 10.1 Å². The molecule has 1 aliphatic heterocycles. The van der Waals surface area contributed by atoms with Crippen molar-refractivity contribution in [3.05, 3.63) is 90.9 Å². The molecule has 37 heavy (non-hydrogen) atoms. The Hall–Kier alpha value is -4.32. The average Bonchev–Trinajstić information content (AvgIpc) is 2.92. The smallest absolute Gasteiger partial charge is 0.332 e. The van der Waals surface area contributed by atoms with E-state index in [9.17, 15) is 24.5 Å². The zero-order chi connectivity index (χ0) is 26.5. The summed E-state index contributed by atoms with van der Waals surface area (Å²) in [5.74, 6) is 0.442. The van der Waals surface area contributed by atoms with Gasteiger partial charge in [0.1, 0.15) is 17.3 Å². The van der Waals surface area contributed by atoms with Crippen LogP contribution in [0.5, 0.6) is 5.75 Å². The number of benzene rings is 1. The number of hydrogen-bond acceptors (Lipinski definition) is 9. The summed E-state index contributed by atoms with van der Waals surface area (Å²) in [4.78, 5) is 56.2. The Balaban J connectivity index is 1.34. The number of nitrogens with zero attached hydrogens (tertiary/aromatic N) is 6. The van der Waals surface area contributed by atoms with Gasteiger partial charge in [0.15, 0.2) is 0 Å². The summed E-state index contributed by atoms with van der Waals surface area (Å²) in [5.41, 5.74) is -0.599. The van der Waals surface area contributed by atoms with Crippen molar-refractivity contribution < 1.29 is 14.5 Å². The summed E-state index contributed by atoms with van der Waals surface area (Å²) in [6, 6.07) is 10.4. The molecule has 0 unspecified atom stereocenters. The molecule has 0 radical (unpaired) electrons. The normalized spacial score (nSPS) is 13.9. The van der Waals surface area contributed by atoms with Gasteiger partial charge in [0.05, 0.1) is 17.1 Å². The molecule has 2 aromatic heterocycles. The fraction of sp³-hybridized carbons (Fsp3) is 0.360. The average molecular weight is 509 g/mol. The highest BCUT2D eigenvalue weighted by Crippen LogP contribution is 2.26. The van der Waals surface area contributed by atoms with Crippen LogP contribution in [0.15, 0.2) is 58.3 Å². The summed E-state index contributed by atoms with van der Waals surface area (Å²) < 4.78 is 8.43. The van der Waals surface area contributed by atoms with Crippen molar-refractivity contribution in [2.75, 3.05) is 44.2 Å². The molecular weight excluding hydrogens is 480 g/mol. The highest BCUT2D eigenvalue weighted by molar-refractivity contribution is 6.09. The minimum Gasteiger partial charge on any atom is -0.493 e. The molecule has 1 saturated heterocycles. The number of non-ortho nitro benzene ring substituents is 1. The van der Waals surface area contributed by atoms with Crippen LogP contribution >= 0.6 is 0 Å². The molecule has 3 aromatic rings. The summed E-state index contributed by atoms with van der Waals surface area (Å²) in [6.45, 7) is 3.93. The van der Waals surface area contributed by atoms with Gasteiger partial charge in [0.2, 0.25) is 5.78 Å². The van der Waals surface area contributed by atoms with Crippen molar-refractivity contribution in [2.24, 2.45) is 14.1 Å². The van der Waals surface area contributed by atoms with Gasteiger partial charge < -0.3 is 9.64 Å². The molecule has 0 spiro atoms. The Kier molecular flexibility index (Phi) is 7.77. The van der Waals surface area contributed by atoms with Crippen LogP contribution in [0.4, 0.5) is 11.5 Å². The van der Waals surface area contributed by atoms with Crippen molar-refractivity contribution in [3.8, 4) is 5.75 Å². The van der Waals surface area contributed by atoms with Crippen molar-refractivity contribution in [2.45, 2.75) is 6.42 Å². The van der Waals surface area contributed by atoms with E-state index in [1.54, 1.807) is 25.2 Å². The number of anilines is 1. The van der Waals surface area contributed by atoms with Crippen LogP contribution in [0.25, 0.3) is 0 Å². The van der Waals surface area contributed by atoms with Gasteiger partial charge in [-0.05, 0) is 24.6 Å². The third kappa shape index (κ3) is 5.75. The second kappa shape index (κ2) is 11.2. The molecular formula is C25H28N6O6. The van der Waals surface area contributed by atoms with Crippen LogP contribution in [0.2, 0.25) is 0 Å². The van der Waals surface area contributed by atoms with E-state index in [4.69, 9.17) is 4.74 Å². The SMILES string of the molecule is Cn1c(N2CCN(CCCOc3ccc([N+](=O)[O-])cc3C(=O)c3ccccn3)CC2)cc(=O)n(C)c1=O.